The van der Waals surface area contributed by atoms with Gasteiger partial charge in [0.15, 0.2) is 11.5 Å². The Kier molecular flexibility index (Phi) is 5.86. The quantitative estimate of drug-likeness (QED) is 0.472. The lowest BCUT2D eigenvalue weighted by Gasteiger charge is -2.09. The third-order valence-corrected chi connectivity index (χ3v) is 5.23. The molecule has 2 aromatic carbocycles. The second-order valence-corrected chi connectivity index (χ2v) is 7.60. The number of hydrogen-bond acceptors (Lipinski definition) is 5. The summed E-state index contributed by atoms with van der Waals surface area (Å²) in [5.74, 6) is -0.338. The Bertz CT molecular complexity index is 1420. The zero-order valence-corrected chi connectivity index (χ0v) is 17.8. The molecule has 0 aliphatic heterocycles. The van der Waals surface area contributed by atoms with Gasteiger partial charge in [-0.1, -0.05) is 29.8 Å². The van der Waals surface area contributed by atoms with E-state index in [1.54, 1.807) is 18.2 Å². The predicted molar refractivity (Wildman–Crippen MR) is 117 cm³/mol. The van der Waals surface area contributed by atoms with Gasteiger partial charge >= 0.3 is 6.18 Å². The maximum Gasteiger partial charge on any atom is 0.416 e. The van der Waals surface area contributed by atoms with Crippen molar-refractivity contribution < 1.29 is 18.0 Å². The van der Waals surface area contributed by atoms with E-state index in [0.29, 0.717) is 16.3 Å². The molecule has 0 aliphatic rings. The van der Waals surface area contributed by atoms with E-state index < -0.39 is 23.2 Å². The molecule has 0 fully saturated rings. The summed E-state index contributed by atoms with van der Waals surface area (Å²) < 4.78 is 39.3. The Morgan fingerprint density at radius 2 is 1.85 bits per heavy atom. The van der Waals surface area contributed by atoms with Crippen LogP contribution in [0.5, 0.6) is 0 Å². The van der Waals surface area contributed by atoms with Crippen LogP contribution in [0.25, 0.3) is 22.4 Å². The smallest absolute Gasteiger partial charge is 0.324 e. The minimum atomic E-state index is -4.45. The molecule has 0 bridgehead atoms. The van der Waals surface area contributed by atoms with Crippen LogP contribution in [-0.2, 0) is 17.5 Å². The van der Waals surface area contributed by atoms with Gasteiger partial charge in [0.05, 0.1) is 5.56 Å². The molecule has 2 aromatic heterocycles. The van der Waals surface area contributed by atoms with Crippen LogP contribution in [-0.4, -0.2) is 25.4 Å². The van der Waals surface area contributed by atoms with Crippen LogP contribution < -0.4 is 10.9 Å². The Labute approximate surface area is 189 Å². The number of hydrogen-bond donors (Lipinski definition) is 1. The molecule has 1 N–H and O–H groups in total. The molecule has 33 heavy (non-hydrogen) atoms. The molecule has 7 nitrogen and oxygen atoms in total. The maximum absolute atomic E-state index is 12.7. The SMILES string of the molecule is Cc1ccc(NC(=O)Cn2cnc3nc(-c4ccc(C(F)(F)F)cc4)ncc3c2=O)cc1Cl. The van der Waals surface area contributed by atoms with Crippen LogP contribution >= 0.6 is 11.6 Å². The first-order chi connectivity index (χ1) is 15.6. The first-order valence-corrected chi connectivity index (χ1v) is 9.95. The lowest BCUT2D eigenvalue weighted by molar-refractivity contribution is -0.137. The summed E-state index contributed by atoms with van der Waals surface area (Å²) in [6, 6.07) is 9.39. The van der Waals surface area contributed by atoms with Crippen LogP contribution in [0.15, 0.2) is 59.8 Å². The van der Waals surface area contributed by atoms with Gasteiger partial charge in [-0.05, 0) is 36.8 Å². The number of carbonyl (C=O) groups is 1. The number of aryl methyl sites for hydroxylation is 1. The van der Waals surface area contributed by atoms with Crippen LogP contribution in [0.4, 0.5) is 18.9 Å². The van der Waals surface area contributed by atoms with Crippen molar-refractivity contribution >= 4 is 34.2 Å². The van der Waals surface area contributed by atoms with Gasteiger partial charge in [-0.25, -0.2) is 15.0 Å². The summed E-state index contributed by atoms with van der Waals surface area (Å²) in [7, 11) is 0. The lowest BCUT2D eigenvalue weighted by Crippen LogP contribution is -2.28. The van der Waals surface area contributed by atoms with E-state index in [4.69, 9.17) is 11.6 Å². The Morgan fingerprint density at radius 3 is 2.52 bits per heavy atom. The highest BCUT2D eigenvalue weighted by Gasteiger charge is 2.30. The molecule has 1 amide bonds. The number of halogens is 4. The highest BCUT2D eigenvalue weighted by atomic mass is 35.5. The number of nitrogens with zero attached hydrogens (tertiary/aromatic N) is 4. The van der Waals surface area contributed by atoms with E-state index >= 15 is 0 Å². The highest BCUT2D eigenvalue weighted by Crippen LogP contribution is 2.30. The van der Waals surface area contributed by atoms with Gasteiger partial charge in [-0.3, -0.25) is 14.2 Å². The summed E-state index contributed by atoms with van der Waals surface area (Å²) in [5.41, 5.74) is 0.427. The van der Waals surface area contributed by atoms with Crippen molar-refractivity contribution in [2.75, 3.05) is 5.32 Å². The van der Waals surface area contributed by atoms with Gasteiger partial charge in [0, 0.05) is 22.5 Å². The van der Waals surface area contributed by atoms with Crippen molar-refractivity contribution in [1.82, 2.24) is 19.5 Å². The minimum Gasteiger partial charge on any atom is -0.324 e. The summed E-state index contributed by atoms with van der Waals surface area (Å²) in [4.78, 5) is 37.4. The Hall–Kier alpha value is -3.79. The topological polar surface area (TPSA) is 89.8 Å². The molecular formula is C22H15ClF3N5O2. The number of fused-ring (bicyclic) bond motifs is 1. The molecule has 0 atom stereocenters. The van der Waals surface area contributed by atoms with Crippen molar-refractivity contribution in [2.24, 2.45) is 0 Å². The summed E-state index contributed by atoms with van der Waals surface area (Å²) in [6.07, 6.45) is -2.04. The van der Waals surface area contributed by atoms with Crippen LogP contribution in [0.2, 0.25) is 5.02 Å². The van der Waals surface area contributed by atoms with Crippen LogP contribution in [0.1, 0.15) is 11.1 Å². The van der Waals surface area contributed by atoms with Crippen molar-refractivity contribution in [3.8, 4) is 11.4 Å². The fraction of sp³-hybridized carbons (Fsp3) is 0.136. The highest BCUT2D eigenvalue weighted by molar-refractivity contribution is 6.31. The maximum atomic E-state index is 12.7. The molecule has 0 radical (unpaired) electrons. The van der Waals surface area contributed by atoms with Gasteiger partial charge in [-0.15, -0.1) is 0 Å². The zero-order chi connectivity index (χ0) is 23.8. The first kappa shape index (κ1) is 22.4. The fourth-order valence-electron chi connectivity index (χ4n) is 3.04. The molecule has 168 valence electrons. The Balaban J connectivity index is 1.56. The molecular weight excluding hydrogens is 459 g/mol. The van der Waals surface area contributed by atoms with Crippen molar-refractivity contribution in [2.45, 2.75) is 19.6 Å². The van der Waals surface area contributed by atoms with Crippen LogP contribution in [0, 0.1) is 6.92 Å². The van der Waals surface area contributed by atoms with E-state index in [0.717, 1.165) is 22.3 Å². The summed E-state index contributed by atoms with van der Waals surface area (Å²) in [5, 5.41) is 3.22. The number of carbonyl (C=O) groups excluding carboxylic acids is 1. The largest absolute Gasteiger partial charge is 0.416 e. The number of anilines is 1. The summed E-state index contributed by atoms with van der Waals surface area (Å²) >= 11 is 6.05. The molecule has 0 unspecified atom stereocenters. The van der Waals surface area contributed by atoms with E-state index in [1.165, 1.54) is 24.7 Å². The van der Waals surface area contributed by atoms with Gasteiger partial charge in [-0.2, -0.15) is 13.2 Å². The first-order valence-electron chi connectivity index (χ1n) is 9.57. The molecule has 4 aromatic rings. The third-order valence-electron chi connectivity index (χ3n) is 4.82. The Morgan fingerprint density at radius 1 is 1.12 bits per heavy atom. The number of aromatic nitrogens is 4. The van der Waals surface area contributed by atoms with E-state index in [1.807, 2.05) is 6.92 Å². The number of benzene rings is 2. The number of nitrogens with one attached hydrogen (secondary N) is 1. The molecule has 0 saturated heterocycles. The number of alkyl halides is 3. The molecule has 0 aliphatic carbocycles. The zero-order valence-electron chi connectivity index (χ0n) is 17.0. The van der Waals surface area contributed by atoms with Crippen molar-refractivity contribution in [3.63, 3.8) is 0 Å². The predicted octanol–water partition coefficient (Wildman–Crippen LogP) is 4.47. The molecule has 2 heterocycles. The standard InChI is InChI=1S/C22H15ClF3N5O2/c1-12-2-7-15(8-17(12)23)29-18(32)10-31-11-28-20-16(21(31)33)9-27-19(30-20)13-3-5-14(6-4-13)22(24,25)26/h2-9,11H,10H2,1H3,(H,29,32). The fourth-order valence-corrected chi connectivity index (χ4v) is 3.22. The molecule has 11 heteroatoms. The van der Waals surface area contributed by atoms with E-state index in [9.17, 15) is 22.8 Å². The number of rotatable bonds is 4. The van der Waals surface area contributed by atoms with E-state index in [2.05, 4.69) is 20.3 Å². The molecule has 0 saturated carbocycles. The van der Waals surface area contributed by atoms with Crippen LogP contribution in [0.3, 0.4) is 0 Å². The third kappa shape index (κ3) is 4.85. The van der Waals surface area contributed by atoms with Gasteiger partial charge in [0.2, 0.25) is 5.91 Å². The van der Waals surface area contributed by atoms with Gasteiger partial charge in [0.25, 0.3) is 5.56 Å². The minimum absolute atomic E-state index is 0.0619. The normalized spacial score (nSPS) is 11.5. The second kappa shape index (κ2) is 8.62. The van der Waals surface area contributed by atoms with Crippen molar-refractivity contribution in [3.05, 3.63) is 81.5 Å². The average Bonchev–Trinajstić information content (AvgIpc) is 2.77. The average molecular weight is 474 g/mol. The van der Waals surface area contributed by atoms with Gasteiger partial charge < -0.3 is 5.32 Å². The van der Waals surface area contributed by atoms with E-state index in [-0.39, 0.29) is 23.4 Å². The second-order valence-electron chi connectivity index (χ2n) is 7.20. The number of amides is 1. The molecule has 4 rings (SSSR count). The van der Waals surface area contributed by atoms with Gasteiger partial charge in [0.1, 0.15) is 18.3 Å². The monoisotopic (exact) mass is 473 g/mol. The molecule has 0 spiro atoms. The van der Waals surface area contributed by atoms with Crippen molar-refractivity contribution in [1.29, 1.82) is 0 Å². The lowest BCUT2D eigenvalue weighted by atomic mass is 10.1. The summed E-state index contributed by atoms with van der Waals surface area (Å²) in [6.45, 7) is 1.53.